The summed E-state index contributed by atoms with van der Waals surface area (Å²) in [6.45, 7) is 0. The summed E-state index contributed by atoms with van der Waals surface area (Å²) in [5.41, 5.74) is 0.626. The number of rotatable bonds is 3. The summed E-state index contributed by atoms with van der Waals surface area (Å²) < 4.78 is 43.4. The lowest BCUT2D eigenvalue weighted by Crippen LogP contribution is -2.30. The maximum absolute atomic E-state index is 12.5. The lowest BCUT2D eigenvalue weighted by atomic mass is 9.87. The number of nitrogens with one attached hydrogen (secondary N) is 3. The number of hydrogen-bond acceptors (Lipinski definition) is 5. The normalized spacial score (nSPS) is 14.3. The van der Waals surface area contributed by atoms with Crippen LogP contribution < -0.4 is 20.9 Å². The van der Waals surface area contributed by atoms with Crippen molar-refractivity contribution in [1.82, 2.24) is 24.8 Å². The van der Waals surface area contributed by atoms with Crippen LogP contribution in [0.1, 0.15) is 49.3 Å². The van der Waals surface area contributed by atoms with Gasteiger partial charge in [-0.05, 0) is 18.9 Å². The van der Waals surface area contributed by atoms with Gasteiger partial charge in [0.25, 0.3) is 5.56 Å². The number of halogens is 3. The van der Waals surface area contributed by atoms with Crippen molar-refractivity contribution in [2.45, 2.75) is 44.2 Å². The standard InChI is InChI=1S/C13H17N3O.C9H10F3N3O2/c1-17-11-8-15-13-12(11)16-10(7-14-13)9-5-3-2-4-6-9;1-13-8(17)14-6-3-5(9(10,11)12)4-15(2)7(6)16/h7-9H,2-6H2,1H3,(H,14,15);3-4H,1-2H3,(H2,13,14,17). The Balaban J connectivity index is 0.000000191. The van der Waals surface area contributed by atoms with Gasteiger partial charge in [0.05, 0.1) is 24.6 Å². The van der Waals surface area contributed by atoms with Crippen LogP contribution in [0.15, 0.2) is 29.5 Å². The number of aromatic nitrogens is 4. The molecule has 1 aliphatic rings. The van der Waals surface area contributed by atoms with E-state index in [0.29, 0.717) is 18.2 Å². The van der Waals surface area contributed by atoms with E-state index in [-0.39, 0.29) is 0 Å². The Morgan fingerprint density at radius 2 is 1.97 bits per heavy atom. The molecular weight excluding hydrogens is 453 g/mol. The van der Waals surface area contributed by atoms with Crippen molar-refractivity contribution in [1.29, 1.82) is 0 Å². The number of methoxy groups -OCH3 is 1. The van der Waals surface area contributed by atoms with E-state index in [9.17, 15) is 22.8 Å². The number of hydrogen-bond donors (Lipinski definition) is 3. The van der Waals surface area contributed by atoms with Crippen LogP contribution in [0.25, 0.3) is 11.2 Å². The number of aromatic amines is 1. The smallest absolute Gasteiger partial charge is 0.417 e. The molecule has 0 radical (unpaired) electrons. The van der Waals surface area contributed by atoms with E-state index in [4.69, 9.17) is 9.72 Å². The zero-order chi connectivity index (χ0) is 24.9. The van der Waals surface area contributed by atoms with Crippen LogP contribution in [0.4, 0.5) is 23.7 Å². The highest BCUT2D eigenvalue weighted by Crippen LogP contribution is 2.33. The fourth-order valence-electron chi connectivity index (χ4n) is 3.77. The van der Waals surface area contributed by atoms with Crippen LogP contribution in [-0.4, -0.2) is 39.7 Å². The Kier molecular flexibility index (Phi) is 7.79. The average Bonchev–Trinajstić information content (AvgIpc) is 3.24. The van der Waals surface area contributed by atoms with E-state index in [1.54, 1.807) is 7.11 Å². The number of alkyl halides is 3. The number of nitrogens with zero attached hydrogens (tertiary/aromatic N) is 3. The summed E-state index contributed by atoms with van der Waals surface area (Å²) >= 11 is 0. The number of fused-ring (bicyclic) bond motifs is 1. The summed E-state index contributed by atoms with van der Waals surface area (Å²) in [4.78, 5) is 34.6. The second kappa shape index (κ2) is 10.6. The molecule has 0 atom stereocenters. The maximum Gasteiger partial charge on any atom is 0.417 e. The number of amides is 2. The van der Waals surface area contributed by atoms with Gasteiger partial charge in [0.1, 0.15) is 11.2 Å². The molecule has 3 N–H and O–H groups in total. The van der Waals surface area contributed by atoms with Gasteiger partial charge < -0.3 is 24.9 Å². The van der Waals surface area contributed by atoms with E-state index >= 15 is 0 Å². The highest BCUT2D eigenvalue weighted by molar-refractivity contribution is 5.88. The number of carbonyl (C=O) groups excluding carboxylic acids is 1. The topological polar surface area (TPSA) is 114 Å². The van der Waals surface area contributed by atoms with Crippen LogP contribution in [0, 0.1) is 0 Å². The highest BCUT2D eigenvalue weighted by Gasteiger charge is 2.32. The Morgan fingerprint density at radius 3 is 2.59 bits per heavy atom. The summed E-state index contributed by atoms with van der Waals surface area (Å²) in [6.07, 6.45) is 6.29. The first-order valence-corrected chi connectivity index (χ1v) is 10.8. The average molecular weight is 480 g/mol. The fraction of sp³-hybridized carbons (Fsp3) is 0.455. The summed E-state index contributed by atoms with van der Waals surface area (Å²) in [6, 6.07) is -0.168. The molecule has 0 saturated heterocycles. The minimum Gasteiger partial charge on any atom is -0.493 e. The van der Waals surface area contributed by atoms with Crippen molar-refractivity contribution >= 4 is 22.9 Å². The van der Waals surface area contributed by atoms with Gasteiger partial charge >= 0.3 is 12.2 Å². The van der Waals surface area contributed by atoms with Crippen molar-refractivity contribution in [3.63, 3.8) is 0 Å². The molecule has 3 aromatic heterocycles. The van der Waals surface area contributed by atoms with Crippen molar-refractivity contribution < 1.29 is 22.7 Å². The molecule has 1 aliphatic carbocycles. The number of H-pyrrole nitrogens is 1. The first-order chi connectivity index (χ1) is 16.1. The third-order valence-electron chi connectivity index (χ3n) is 5.59. The van der Waals surface area contributed by atoms with Crippen molar-refractivity contribution in [3.8, 4) is 5.75 Å². The molecule has 2 amide bonds. The molecule has 0 bridgehead atoms. The summed E-state index contributed by atoms with van der Waals surface area (Å²) in [5.74, 6) is 1.37. The number of pyridine rings is 1. The van der Waals surface area contributed by atoms with Crippen molar-refractivity contribution in [2.24, 2.45) is 7.05 Å². The zero-order valence-electron chi connectivity index (χ0n) is 19.1. The molecule has 0 unspecified atom stereocenters. The second-order valence-corrected chi connectivity index (χ2v) is 7.94. The molecule has 1 fully saturated rings. The number of aryl methyl sites for hydroxylation is 1. The lowest BCUT2D eigenvalue weighted by Gasteiger charge is -2.20. The lowest BCUT2D eigenvalue weighted by molar-refractivity contribution is -0.138. The van der Waals surface area contributed by atoms with Gasteiger partial charge in [0.15, 0.2) is 11.4 Å². The van der Waals surface area contributed by atoms with Crippen LogP contribution in [0.5, 0.6) is 5.75 Å². The molecule has 0 aliphatic heterocycles. The highest BCUT2D eigenvalue weighted by atomic mass is 19.4. The van der Waals surface area contributed by atoms with E-state index in [1.807, 2.05) is 17.7 Å². The summed E-state index contributed by atoms with van der Waals surface area (Å²) in [5, 5.41) is 4.17. The first-order valence-electron chi connectivity index (χ1n) is 10.8. The van der Waals surface area contributed by atoms with Gasteiger partial charge in [-0.2, -0.15) is 13.2 Å². The molecule has 0 aromatic carbocycles. The van der Waals surface area contributed by atoms with Crippen LogP contribution in [-0.2, 0) is 13.2 Å². The molecule has 3 heterocycles. The molecule has 4 rings (SSSR count). The Hall–Kier alpha value is -3.57. The summed E-state index contributed by atoms with van der Waals surface area (Å²) in [7, 11) is 4.12. The van der Waals surface area contributed by atoms with Crippen LogP contribution >= 0.6 is 0 Å². The van der Waals surface area contributed by atoms with Gasteiger partial charge in [-0.25, -0.2) is 14.8 Å². The van der Waals surface area contributed by atoms with Gasteiger partial charge in [-0.15, -0.1) is 0 Å². The van der Waals surface area contributed by atoms with Crippen LogP contribution in [0.3, 0.4) is 0 Å². The van der Waals surface area contributed by atoms with Crippen molar-refractivity contribution in [3.05, 3.63) is 46.3 Å². The molecule has 0 spiro atoms. The zero-order valence-corrected chi connectivity index (χ0v) is 19.1. The minimum atomic E-state index is -4.58. The quantitative estimate of drug-likeness (QED) is 0.521. The number of ether oxygens (including phenoxy) is 1. The van der Waals surface area contributed by atoms with E-state index < -0.39 is 29.0 Å². The third-order valence-corrected chi connectivity index (χ3v) is 5.59. The van der Waals surface area contributed by atoms with E-state index in [2.05, 4.69) is 15.3 Å². The molecule has 9 nitrogen and oxygen atoms in total. The second-order valence-electron chi connectivity index (χ2n) is 7.94. The van der Waals surface area contributed by atoms with Gasteiger partial charge in [-0.1, -0.05) is 19.3 Å². The van der Waals surface area contributed by atoms with Gasteiger partial charge in [0.2, 0.25) is 0 Å². The Labute approximate surface area is 193 Å². The number of urea groups is 1. The van der Waals surface area contributed by atoms with Gasteiger partial charge in [0, 0.05) is 32.4 Å². The van der Waals surface area contributed by atoms with Crippen LogP contribution in [0.2, 0.25) is 0 Å². The molecular formula is C22H27F3N6O3. The monoisotopic (exact) mass is 480 g/mol. The predicted octanol–water partition coefficient (Wildman–Crippen LogP) is 4.17. The predicted molar refractivity (Wildman–Crippen MR) is 121 cm³/mol. The van der Waals surface area contributed by atoms with E-state index in [1.165, 1.54) is 46.2 Å². The molecule has 34 heavy (non-hydrogen) atoms. The minimum absolute atomic E-state index is 0.429. The largest absolute Gasteiger partial charge is 0.493 e. The molecule has 184 valence electrons. The molecule has 12 heteroatoms. The Bertz CT molecular complexity index is 1200. The number of carbonyl (C=O) groups is 1. The van der Waals surface area contributed by atoms with E-state index in [0.717, 1.165) is 27.2 Å². The fourth-order valence-corrected chi connectivity index (χ4v) is 3.77. The van der Waals surface area contributed by atoms with Gasteiger partial charge in [-0.3, -0.25) is 4.79 Å². The SMILES string of the molecule is CNC(=O)Nc1cc(C(F)(F)F)cn(C)c1=O.COc1c[nH]c2ncc(C3CCCCC3)nc12. The first kappa shape index (κ1) is 25.1. The number of anilines is 1. The third kappa shape index (κ3) is 5.86. The molecule has 3 aromatic rings. The molecule has 1 saturated carbocycles. The Morgan fingerprint density at radius 1 is 1.26 bits per heavy atom. The maximum atomic E-state index is 12.5. The van der Waals surface area contributed by atoms with Crippen molar-refractivity contribution in [2.75, 3.05) is 19.5 Å².